The van der Waals surface area contributed by atoms with Crippen molar-refractivity contribution in [3.8, 4) is 0 Å². The normalized spacial score (nSPS) is 20.1. The van der Waals surface area contributed by atoms with Crippen molar-refractivity contribution in [1.29, 1.82) is 0 Å². The first kappa shape index (κ1) is 62.6. The zero-order chi connectivity index (χ0) is 49.2. The Hall–Kier alpha value is -3.41. The van der Waals surface area contributed by atoms with E-state index in [0.717, 1.165) is 96.3 Å². The molecule has 1 heterocycles. The number of unbranched alkanes of at least 4 members (excludes halogenated alkanes) is 13. The Morgan fingerprint density at radius 1 is 0.471 bits per heavy atom. The molecule has 1 saturated heterocycles. The smallest absolute Gasteiger partial charge is 0.306 e. The number of carbonyl (C=O) groups excluding carboxylic acids is 1. The van der Waals surface area contributed by atoms with E-state index in [1.807, 2.05) is 0 Å². The molecule has 9 nitrogen and oxygen atoms in total. The van der Waals surface area contributed by atoms with Crippen molar-refractivity contribution in [1.82, 2.24) is 0 Å². The number of allylic oxidation sites excluding steroid dienone is 20. The topological polar surface area (TPSA) is 135 Å². The maximum atomic E-state index is 12.8. The van der Waals surface area contributed by atoms with Crippen LogP contribution in [0.4, 0.5) is 0 Å². The summed E-state index contributed by atoms with van der Waals surface area (Å²) in [7, 11) is 0. The number of rotatable bonds is 44. The first-order chi connectivity index (χ1) is 33.4. The third-order valence-corrected chi connectivity index (χ3v) is 11.4. The molecule has 9 heteroatoms. The summed E-state index contributed by atoms with van der Waals surface area (Å²) in [5.41, 5.74) is 0. The zero-order valence-electron chi connectivity index (χ0n) is 42.6. The van der Waals surface area contributed by atoms with Gasteiger partial charge in [0.15, 0.2) is 6.29 Å². The molecule has 6 unspecified atom stereocenters. The molecular formula is C59H96O9. The average molecular weight is 949 g/mol. The second-order valence-corrected chi connectivity index (χ2v) is 17.6. The van der Waals surface area contributed by atoms with Crippen LogP contribution in [-0.2, 0) is 23.7 Å². The number of aliphatic hydroxyl groups excluding tert-OH is 4. The molecule has 1 aliphatic heterocycles. The molecule has 386 valence electrons. The average Bonchev–Trinajstić information content (AvgIpc) is 3.34. The van der Waals surface area contributed by atoms with Gasteiger partial charge in [-0.1, -0.05) is 193 Å². The van der Waals surface area contributed by atoms with Crippen LogP contribution in [-0.4, -0.2) is 89.6 Å². The lowest BCUT2D eigenvalue weighted by atomic mass is 9.99. The highest BCUT2D eigenvalue weighted by atomic mass is 16.7. The number of carbonyl (C=O) groups is 1. The van der Waals surface area contributed by atoms with Gasteiger partial charge >= 0.3 is 5.97 Å². The Kier molecular flexibility index (Phi) is 44.8. The number of hydrogen-bond donors (Lipinski definition) is 4. The Morgan fingerprint density at radius 2 is 0.853 bits per heavy atom. The number of hydrogen-bond acceptors (Lipinski definition) is 9. The monoisotopic (exact) mass is 949 g/mol. The van der Waals surface area contributed by atoms with Gasteiger partial charge in [0.2, 0.25) is 0 Å². The van der Waals surface area contributed by atoms with Crippen molar-refractivity contribution >= 4 is 5.97 Å². The van der Waals surface area contributed by atoms with E-state index in [4.69, 9.17) is 18.9 Å². The third kappa shape index (κ3) is 38.4. The van der Waals surface area contributed by atoms with E-state index < -0.39 is 43.4 Å². The summed E-state index contributed by atoms with van der Waals surface area (Å²) in [6, 6.07) is 0. The fourth-order valence-electron chi connectivity index (χ4n) is 7.31. The van der Waals surface area contributed by atoms with Gasteiger partial charge in [-0.2, -0.15) is 0 Å². The summed E-state index contributed by atoms with van der Waals surface area (Å²) in [4.78, 5) is 12.8. The van der Waals surface area contributed by atoms with Gasteiger partial charge in [0, 0.05) is 13.0 Å². The Labute approximate surface area is 414 Å². The number of ether oxygens (including phenoxy) is 4. The van der Waals surface area contributed by atoms with E-state index in [9.17, 15) is 25.2 Å². The predicted octanol–water partition coefficient (Wildman–Crippen LogP) is 13.5. The van der Waals surface area contributed by atoms with Gasteiger partial charge < -0.3 is 39.4 Å². The minimum atomic E-state index is -1.55. The minimum absolute atomic E-state index is 0.116. The van der Waals surface area contributed by atoms with E-state index in [2.05, 4.69) is 135 Å². The first-order valence-electron chi connectivity index (χ1n) is 26.6. The van der Waals surface area contributed by atoms with Gasteiger partial charge in [0.1, 0.15) is 30.5 Å². The van der Waals surface area contributed by atoms with E-state index in [1.54, 1.807) is 0 Å². The van der Waals surface area contributed by atoms with Crippen molar-refractivity contribution in [2.75, 3.05) is 26.4 Å². The molecule has 0 amide bonds. The molecule has 0 aliphatic carbocycles. The van der Waals surface area contributed by atoms with E-state index >= 15 is 0 Å². The van der Waals surface area contributed by atoms with Crippen LogP contribution in [0, 0.1) is 0 Å². The maximum absolute atomic E-state index is 12.8. The highest BCUT2D eigenvalue weighted by Crippen LogP contribution is 2.22. The van der Waals surface area contributed by atoms with Gasteiger partial charge in [-0.25, -0.2) is 0 Å². The van der Waals surface area contributed by atoms with Crippen molar-refractivity contribution in [2.45, 2.75) is 218 Å². The van der Waals surface area contributed by atoms with Crippen molar-refractivity contribution in [3.63, 3.8) is 0 Å². The summed E-state index contributed by atoms with van der Waals surface area (Å²) < 4.78 is 22.9. The minimum Gasteiger partial charge on any atom is -0.457 e. The fourth-order valence-corrected chi connectivity index (χ4v) is 7.31. The second kappa shape index (κ2) is 48.6. The summed E-state index contributed by atoms with van der Waals surface area (Å²) in [6.07, 6.45) is 63.8. The van der Waals surface area contributed by atoms with Crippen molar-refractivity contribution < 1.29 is 44.2 Å². The second-order valence-electron chi connectivity index (χ2n) is 17.6. The fraction of sp³-hybridized carbons (Fsp3) is 0.644. The highest BCUT2D eigenvalue weighted by molar-refractivity contribution is 5.69. The zero-order valence-corrected chi connectivity index (χ0v) is 42.6. The van der Waals surface area contributed by atoms with Crippen molar-refractivity contribution in [3.05, 3.63) is 122 Å². The molecule has 0 radical (unpaired) electrons. The third-order valence-electron chi connectivity index (χ3n) is 11.4. The van der Waals surface area contributed by atoms with E-state index in [0.29, 0.717) is 13.0 Å². The largest absolute Gasteiger partial charge is 0.457 e. The van der Waals surface area contributed by atoms with Crippen LogP contribution in [0.5, 0.6) is 0 Å². The summed E-state index contributed by atoms with van der Waals surface area (Å²) in [5, 5.41) is 40.3. The Morgan fingerprint density at radius 3 is 1.28 bits per heavy atom. The molecule has 1 fully saturated rings. The Bertz CT molecular complexity index is 1450. The molecule has 1 rings (SSSR count). The van der Waals surface area contributed by atoms with Gasteiger partial charge in [-0.15, -0.1) is 0 Å². The van der Waals surface area contributed by atoms with Crippen LogP contribution in [0.25, 0.3) is 0 Å². The summed E-state index contributed by atoms with van der Waals surface area (Å²) in [5.74, 6) is -0.361. The van der Waals surface area contributed by atoms with E-state index in [1.165, 1.54) is 57.8 Å². The molecule has 0 bridgehead atoms. The van der Waals surface area contributed by atoms with Gasteiger partial charge in [0.05, 0.1) is 19.8 Å². The Balaban J connectivity index is 2.24. The van der Waals surface area contributed by atoms with Crippen LogP contribution in [0.2, 0.25) is 0 Å². The highest BCUT2D eigenvalue weighted by Gasteiger charge is 2.44. The van der Waals surface area contributed by atoms with Crippen molar-refractivity contribution in [2.24, 2.45) is 0 Å². The molecule has 68 heavy (non-hydrogen) atoms. The molecule has 0 aromatic rings. The summed E-state index contributed by atoms with van der Waals surface area (Å²) >= 11 is 0. The molecular weight excluding hydrogens is 853 g/mol. The van der Waals surface area contributed by atoms with Crippen LogP contribution < -0.4 is 0 Å². The molecule has 1 aliphatic rings. The molecule has 6 atom stereocenters. The lowest BCUT2D eigenvalue weighted by Gasteiger charge is -2.39. The first-order valence-corrected chi connectivity index (χ1v) is 26.6. The van der Waals surface area contributed by atoms with Crippen LogP contribution in [0.3, 0.4) is 0 Å². The van der Waals surface area contributed by atoms with E-state index in [-0.39, 0.29) is 25.6 Å². The van der Waals surface area contributed by atoms with Gasteiger partial charge in [-0.05, 0) is 103 Å². The van der Waals surface area contributed by atoms with Crippen LogP contribution in [0.1, 0.15) is 181 Å². The van der Waals surface area contributed by atoms with Crippen LogP contribution in [0.15, 0.2) is 122 Å². The van der Waals surface area contributed by atoms with Gasteiger partial charge in [0.25, 0.3) is 0 Å². The van der Waals surface area contributed by atoms with Gasteiger partial charge in [-0.3, -0.25) is 4.79 Å². The SMILES string of the molecule is CC/C=C\C/C=C\C/C=C\C/C=C\C/C=C\C/C=C\CCCCC(=O)OC(COCCCCCCCCCCCCC/C=C\C/C=C\C/C=C\C/C=C\CC)COC1OC(CO)C(O)C(O)C1O. The lowest BCUT2D eigenvalue weighted by Crippen LogP contribution is -2.59. The quantitative estimate of drug-likeness (QED) is 0.0267. The molecule has 0 spiro atoms. The molecule has 0 aromatic carbocycles. The molecule has 0 saturated carbocycles. The standard InChI is InChI=1S/C59H96O9/c1-3-5-7-9-11-13-15-17-19-21-23-25-26-27-29-31-33-35-37-39-41-43-45-47-49-65-51-53(52-66-59-58(64)57(63)56(62)54(50-60)68-59)67-55(61)48-46-44-42-40-38-36-34-32-30-28-24-22-20-18-16-14-12-10-8-6-4-2/h5-8,11-14,17-20,23-25,28,32,34,38,40,53-54,56-60,62-64H,3-4,9-10,15-16,21-22,26-27,29-31,33,35-37,39,41-52H2,1-2H3/b7-5-,8-6-,13-11-,14-12-,19-17-,20-18-,25-23-,28-24-,34-32-,40-38-. The molecule has 4 N–H and O–H groups in total. The number of esters is 1. The molecule has 0 aromatic heterocycles. The summed E-state index contributed by atoms with van der Waals surface area (Å²) in [6.45, 7) is 4.26. The van der Waals surface area contributed by atoms with Crippen LogP contribution >= 0.6 is 0 Å². The maximum Gasteiger partial charge on any atom is 0.306 e. The lowest BCUT2D eigenvalue weighted by molar-refractivity contribution is -0.305. The predicted molar refractivity (Wildman–Crippen MR) is 283 cm³/mol. The number of aliphatic hydroxyl groups is 4.